The predicted molar refractivity (Wildman–Crippen MR) is 74.6 cm³/mol. The van der Waals surface area contributed by atoms with Gasteiger partial charge in [0.1, 0.15) is 0 Å². The number of aromatic nitrogens is 2. The van der Waals surface area contributed by atoms with Crippen LogP contribution in [0, 0.1) is 3.57 Å². The van der Waals surface area contributed by atoms with Crippen LogP contribution < -0.4 is 0 Å². The van der Waals surface area contributed by atoms with Gasteiger partial charge in [0.2, 0.25) is 0 Å². The summed E-state index contributed by atoms with van der Waals surface area (Å²) in [6.45, 7) is 0. The highest BCUT2D eigenvalue weighted by Crippen LogP contribution is 2.23. The van der Waals surface area contributed by atoms with Crippen LogP contribution in [0.3, 0.4) is 0 Å². The molecule has 1 aromatic heterocycles. The summed E-state index contributed by atoms with van der Waals surface area (Å²) in [5, 5.41) is 9.36. The number of thioether (sulfide) groups is 1. The Bertz CT molecular complexity index is 542. The lowest BCUT2D eigenvalue weighted by atomic mass is 10.3. The number of benzene rings is 1. The molecule has 0 atom stereocenters. The van der Waals surface area contributed by atoms with Crippen molar-refractivity contribution < 1.29 is 9.90 Å². The topological polar surface area (TPSA) is 55.1 Å². The maximum atomic E-state index is 10.5. The fraction of sp³-hybridized carbons (Fsp3) is 0.0909. The minimum absolute atomic E-state index is 0.0143. The second kappa shape index (κ2) is 5.54. The molecule has 17 heavy (non-hydrogen) atoms. The maximum Gasteiger partial charge on any atom is 0.313 e. The fourth-order valence-corrected chi connectivity index (χ4v) is 2.69. The molecule has 0 saturated heterocycles. The van der Waals surface area contributed by atoms with E-state index in [0.29, 0.717) is 5.16 Å². The van der Waals surface area contributed by atoms with Gasteiger partial charge in [-0.2, -0.15) is 0 Å². The summed E-state index contributed by atoms with van der Waals surface area (Å²) >= 11 is 3.46. The van der Waals surface area contributed by atoms with Crippen molar-refractivity contribution in [3.63, 3.8) is 0 Å². The summed E-state index contributed by atoms with van der Waals surface area (Å²) < 4.78 is 3.00. The van der Waals surface area contributed by atoms with Gasteiger partial charge < -0.3 is 5.11 Å². The Morgan fingerprint density at radius 3 is 2.94 bits per heavy atom. The molecule has 0 aliphatic carbocycles. The molecule has 0 spiro atoms. The Balaban J connectivity index is 2.31. The largest absolute Gasteiger partial charge is 0.481 e. The number of imidazole rings is 1. The third-order valence-corrected chi connectivity index (χ3v) is 3.91. The highest BCUT2D eigenvalue weighted by atomic mass is 127. The summed E-state index contributed by atoms with van der Waals surface area (Å²) in [7, 11) is 0. The summed E-state index contributed by atoms with van der Waals surface area (Å²) in [5.74, 6) is -0.826. The molecule has 0 bridgehead atoms. The lowest BCUT2D eigenvalue weighted by Gasteiger charge is -2.08. The third-order valence-electron chi connectivity index (χ3n) is 2.04. The predicted octanol–water partition coefficient (Wildman–Crippen LogP) is 2.65. The van der Waals surface area contributed by atoms with Crippen LogP contribution in [-0.2, 0) is 4.79 Å². The van der Waals surface area contributed by atoms with Gasteiger partial charge in [-0.3, -0.25) is 9.36 Å². The average molecular weight is 360 g/mol. The van der Waals surface area contributed by atoms with Gasteiger partial charge in [-0.1, -0.05) is 23.9 Å². The molecule has 0 saturated carbocycles. The molecular formula is C11H9IN2O2S. The first-order chi connectivity index (χ1) is 8.18. The molecule has 0 unspecified atom stereocenters. The summed E-state index contributed by atoms with van der Waals surface area (Å²) in [6, 6.07) is 7.89. The van der Waals surface area contributed by atoms with Crippen molar-refractivity contribution in [1.29, 1.82) is 0 Å². The number of halogens is 1. The molecule has 6 heteroatoms. The van der Waals surface area contributed by atoms with E-state index in [4.69, 9.17) is 5.11 Å². The van der Waals surface area contributed by atoms with E-state index >= 15 is 0 Å². The maximum absolute atomic E-state index is 10.5. The van der Waals surface area contributed by atoms with Crippen LogP contribution in [0.25, 0.3) is 5.69 Å². The van der Waals surface area contributed by atoms with Gasteiger partial charge in [0.15, 0.2) is 5.16 Å². The second-order valence-electron chi connectivity index (χ2n) is 3.21. The fourth-order valence-electron chi connectivity index (χ4n) is 1.35. The molecule has 2 aromatic rings. The molecule has 0 aliphatic rings. The molecule has 0 radical (unpaired) electrons. The van der Waals surface area contributed by atoms with Crippen molar-refractivity contribution in [2.75, 3.05) is 5.75 Å². The van der Waals surface area contributed by atoms with Crippen LogP contribution in [0.4, 0.5) is 0 Å². The van der Waals surface area contributed by atoms with E-state index in [0.717, 1.165) is 9.26 Å². The number of nitrogens with zero attached hydrogens (tertiary/aromatic N) is 2. The SMILES string of the molecule is O=C(O)CSc1nccn1-c1ccccc1I. The quantitative estimate of drug-likeness (QED) is 0.673. The van der Waals surface area contributed by atoms with Crippen molar-refractivity contribution in [1.82, 2.24) is 9.55 Å². The molecule has 1 heterocycles. The Labute approximate surface area is 116 Å². The number of rotatable bonds is 4. The van der Waals surface area contributed by atoms with E-state index in [1.54, 1.807) is 6.20 Å². The Morgan fingerprint density at radius 2 is 2.24 bits per heavy atom. The number of para-hydroxylation sites is 1. The molecular weight excluding hydrogens is 351 g/mol. The second-order valence-corrected chi connectivity index (χ2v) is 5.32. The molecule has 1 aromatic carbocycles. The third kappa shape index (κ3) is 3.01. The van der Waals surface area contributed by atoms with Crippen LogP contribution in [0.1, 0.15) is 0 Å². The minimum atomic E-state index is -0.840. The van der Waals surface area contributed by atoms with Crippen LogP contribution in [0.5, 0.6) is 0 Å². The van der Waals surface area contributed by atoms with Gasteiger partial charge in [-0.05, 0) is 34.7 Å². The van der Waals surface area contributed by atoms with E-state index in [1.807, 2.05) is 35.0 Å². The van der Waals surface area contributed by atoms with Crippen molar-refractivity contribution in [3.05, 3.63) is 40.2 Å². The number of carbonyl (C=O) groups is 1. The first-order valence-electron chi connectivity index (χ1n) is 4.81. The zero-order valence-electron chi connectivity index (χ0n) is 8.71. The summed E-state index contributed by atoms with van der Waals surface area (Å²) in [4.78, 5) is 14.7. The molecule has 0 fully saturated rings. The smallest absolute Gasteiger partial charge is 0.313 e. The van der Waals surface area contributed by atoms with E-state index in [2.05, 4.69) is 27.6 Å². The molecule has 0 amide bonds. The molecule has 2 rings (SSSR count). The molecule has 4 nitrogen and oxygen atoms in total. The molecule has 1 N–H and O–H groups in total. The zero-order valence-corrected chi connectivity index (χ0v) is 11.7. The van der Waals surface area contributed by atoms with Crippen LogP contribution in [-0.4, -0.2) is 26.4 Å². The number of hydrogen-bond donors (Lipinski definition) is 1. The van der Waals surface area contributed by atoms with Crippen molar-refractivity contribution in [2.45, 2.75) is 5.16 Å². The van der Waals surface area contributed by atoms with Gasteiger partial charge in [-0.15, -0.1) is 0 Å². The van der Waals surface area contributed by atoms with E-state index < -0.39 is 5.97 Å². The highest BCUT2D eigenvalue weighted by Gasteiger charge is 2.09. The summed E-state index contributed by atoms with van der Waals surface area (Å²) in [6.07, 6.45) is 3.51. The zero-order chi connectivity index (χ0) is 12.3. The molecule has 88 valence electrons. The highest BCUT2D eigenvalue weighted by molar-refractivity contribution is 14.1. The van der Waals surface area contributed by atoms with Gasteiger partial charge in [-0.25, -0.2) is 4.98 Å². The lowest BCUT2D eigenvalue weighted by molar-refractivity contribution is -0.133. The normalized spacial score (nSPS) is 10.4. The van der Waals surface area contributed by atoms with Crippen molar-refractivity contribution >= 4 is 40.3 Å². The number of carboxylic acids is 1. The van der Waals surface area contributed by atoms with Gasteiger partial charge >= 0.3 is 5.97 Å². The van der Waals surface area contributed by atoms with Crippen molar-refractivity contribution in [2.24, 2.45) is 0 Å². The first-order valence-corrected chi connectivity index (χ1v) is 6.88. The van der Waals surface area contributed by atoms with Crippen LogP contribution in [0.15, 0.2) is 41.8 Å². The van der Waals surface area contributed by atoms with E-state index in [9.17, 15) is 4.79 Å². The van der Waals surface area contributed by atoms with Crippen LogP contribution in [0.2, 0.25) is 0 Å². The Morgan fingerprint density at radius 1 is 1.47 bits per heavy atom. The monoisotopic (exact) mass is 360 g/mol. The number of aliphatic carboxylic acids is 1. The first kappa shape index (κ1) is 12.4. The van der Waals surface area contributed by atoms with Gasteiger partial charge in [0.25, 0.3) is 0 Å². The molecule has 0 aliphatic heterocycles. The number of hydrogen-bond acceptors (Lipinski definition) is 3. The lowest BCUT2D eigenvalue weighted by Crippen LogP contribution is -2.02. The van der Waals surface area contributed by atoms with Crippen molar-refractivity contribution in [3.8, 4) is 5.69 Å². The number of carboxylic acid groups (broad SMARTS) is 1. The standard InChI is InChI=1S/C11H9IN2O2S/c12-8-3-1-2-4-9(8)14-6-5-13-11(14)17-7-10(15)16/h1-6H,7H2,(H,15,16). The van der Waals surface area contributed by atoms with Crippen LogP contribution >= 0.6 is 34.4 Å². The minimum Gasteiger partial charge on any atom is -0.481 e. The Hall–Kier alpha value is -1.02. The Kier molecular flexibility index (Phi) is 4.06. The van der Waals surface area contributed by atoms with Gasteiger partial charge in [0, 0.05) is 16.0 Å². The van der Waals surface area contributed by atoms with E-state index in [-0.39, 0.29) is 5.75 Å². The summed E-state index contributed by atoms with van der Waals surface area (Å²) in [5.41, 5.74) is 1.01. The van der Waals surface area contributed by atoms with E-state index in [1.165, 1.54) is 11.8 Å². The average Bonchev–Trinajstić information content (AvgIpc) is 2.75. The van der Waals surface area contributed by atoms with Gasteiger partial charge in [0.05, 0.1) is 11.4 Å².